The zero-order valence-electron chi connectivity index (χ0n) is 14.6. The highest BCUT2D eigenvalue weighted by atomic mass is 16.5. The number of ether oxygens (including phenoxy) is 1. The van der Waals surface area contributed by atoms with E-state index in [-0.39, 0.29) is 12.5 Å². The summed E-state index contributed by atoms with van der Waals surface area (Å²) in [7, 11) is 0. The summed E-state index contributed by atoms with van der Waals surface area (Å²) in [6.45, 7) is -0.0328. The highest BCUT2D eigenvalue weighted by molar-refractivity contribution is 5.94. The van der Waals surface area contributed by atoms with E-state index in [4.69, 9.17) is 4.74 Å². The maximum Gasteiger partial charge on any atom is 0.277 e. The lowest BCUT2D eigenvalue weighted by molar-refractivity contribution is -0.123. The van der Waals surface area contributed by atoms with Crippen LogP contribution in [0.25, 0.3) is 0 Å². The van der Waals surface area contributed by atoms with E-state index in [0.29, 0.717) is 11.8 Å². The number of carbonyl (C=O) groups excluding carboxylic acids is 1. The fraction of sp³-hybridized carbons (Fsp3) is 0.273. The van der Waals surface area contributed by atoms with Crippen molar-refractivity contribution in [2.75, 3.05) is 6.61 Å². The molecule has 1 amide bonds. The number of hydrazone groups is 1. The average molecular weight is 346 g/mol. The van der Waals surface area contributed by atoms with Gasteiger partial charge in [-0.25, -0.2) is 5.43 Å². The SMILES string of the molecule is O=C(COc1ccccc1Cc1ccccc1)N/N=C1/C[C@@H]2C=CC[C@H]12. The molecular weight excluding hydrogens is 324 g/mol. The van der Waals surface area contributed by atoms with Crippen molar-refractivity contribution in [2.45, 2.75) is 19.3 Å². The van der Waals surface area contributed by atoms with Crippen molar-refractivity contribution in [2.24, 2.45) is 16.9 Å². The fourth-order valence-electron chi connectivity index (χ4n) is 3.58. The van der Waals surface area contributed by atoms with Crippen LogP contribution in [0.15, 0.2) is 71.9 Å². The topological polar surface area (TPSA) is 50.7 Å². The van der Waals surface area contributed by atoms with Crippen LogP contribution in [0.2, 0.25) is 0 Å². The van der Waals surface area contributed by atoms with Gasteiger partial charge in [0.25, 0.3) is 5.91 Å². The van der Waals surface area contributed by atoms with Crippen LogP contribution >= 0.6 is 0 Å². The first-order valence-electron chi connectivity index (χ1n) is 9.06. The summed E-state index contributed by atoms with van der Waals surface area (Å²) >= 11 is 0. The highest BCUT2D eigenvalue weighted by Gasteiger charge is 2.37. The van der Waals surface area contributed by atoms with E-state index in [1.54, 1.807) is 0 Å². The van der Waals surface area contributed by atoms with E-state index in [0.717, 1.165) is 36.3 Å². The number of fused-ring (bicyclic) bond motifs is 1. The Bertz CT molecular complexity index is 842. The minimum atomic E-state index is -0.221. The summed E-state index contributed by atoms with van der Waals surface area (Å²) < 4.78 is 5.75. The lowest BCUT2D eigenvalue weighted by Crippen LogP contribution is -2.36. The van der Waals surface area contributed by atoms with Gasteiger partial charge in [0.05, 0.1) is 0 Å². The molecule has 2 aliphatic carbocycles. The van der Waals surface area contributed by atoms with Crippen molar-refractivity contribution in [3.8, 4) is 5.75 Å². The molecule has 0 aliphatic heterocycles. The van der Waals surface area contributed by atoms with Crippen molar-refractivity contribution in [1.29, 1.82) is 0 Å². The Hall–Kier alpha value is -2.88. The molecular formula is C22H22N2O2. The molecule has 0 spiro atoms. The van der Waals surface area contributed by atoms with Crippen molar-refractivity contribution in [1.82, 2.24) is 5.43 Å². The molecule has 2 aromatic carbocycles. The number of nitrogens with zero attached hydrogens (tertiary/aromatic N) is 1. The molecule has 0 aromatic heterocycles. The molecule has 2 atom stereocenters. The molecule has 4 rings (SSSR count). The minimum Gasteiger partial charge on any atom is -0.483 e. The average Bonchev–Trinajstić information content (AvgIpc) is 3.03. The maximum absolute atomic E-state index is 12.1. The molecule has 1 fully saturated rings. The largest absolute Gasteiger partial charge is 0.483 e. The molecule has 4 heteroatoms. The van der Waals surface area contributed by atoms with Gasteiger partial charge in [0.2, 0.25) is 0 Å². The van der Waals surface area contributed by atoms with Gasteiger partial charge in [0.15, 0.2) is 6.61 Å². The Labute approximate surface area is 153 Å². The third-order valence-electron chi connectivity index (χ3n) is 5.06. The van der Waals surface area contributed by atoms with Crippen molar-refractivity contribution >= 4 is 11.6 Å². The summed E-state index contributed by atoms with van der Waals surface area (Å²) in [6.07, 6.45) is 7.23. The summed E-state index contributed by atoms with van der Waals surface area (Å²) in [6, 6.07) is 18.1. The Morgan fingerprint density at radius 1 is 1.12 bits per heavy atom. The lowest BCUT2D eigenvalue weighted by atomic mass is 9.74. The van der Waals surface area contributed by atoms with Gasteiger partial charge in [0, 0.05) is 18.1 Å². The van der Waals surface area contributed by atoms with E-state index in [1.165, 1.54) is 5.56 Å². The van der Waals surface area contributed by atoms with Gasteiger partial charge in [-0.3, -0.25) is 4.79 Å². The third-order valence-corrected chi connectivity index (χ3v) is 5.06. The first kappa shape index (κ1) is 16.6. The molecule has 2 aromatic rings. The number of amides is 1. The zero-order chi connectivity index (χ0) is 17.8. The molecule has 0 saturated heterocycles. The summed E-state index contributed by atoms with van der Waals surface area (Å²) in [5.41, 5.74) is 6.01. The summed E-state index contributed by atoms with van der Waals surface area (Å²) in [4.78, 5) is 12.1. The number of benzene rings is 2. The minimum absolute atomic E-state index is 0.0328. The van der Waals surface area contributed by atoms with Crippen LogP contribution in [0.1, 0.15) is 24.0 Å². The van der Waals surface area contributed by atoms with Gasteiger partial charge >= 0.3 is 0 Å². The Morgan fingerprint density at radius 3 is 2.77 bits per heavy atom. The third kappa shape index (κ3) is 3.69. The Balaban J connectivity index is 1.32. The molecule has 0 bridgehead atoms. The van der Waals surface area contributed by atoms with E-state index in [1.807, 2.05) is 42.5 Å². The standard InChI is InChI=1S/C22H22N2O2/c25-22(24-23-20-14-17-10-6-11-19(17)20)15-26-21-12-5-4-9-18(21)13-16-7-2-1-3-8-16/h1-10,12,17,19H,11,13-15H2,(H,24,25)/b23-20-/t17-,19-/m0/s1. The number of hydrogen-bond donors (Lipinski definition) is 1. The number of para-hydroxylation sites is 1. The fourth-order valence-corrected chi connectivity index (χ4v) is 3.58. The Morgan fingerprint density at radius 2 is 1.92 bits per heavy atom. The van der Waals surface area contributed by atoms with E-state index in [2.05, 4.69) is 34.8 Å². The quantitative estimate of drug-likeness (QED) is 0.640. The number of allylic oxidation sites excluding steroid dienone is 2. The number of hydrogen-bond acceptors (Lipinski definition) is 3. The molecule has 132 valence electrons. The van der Waals surface area contributed by atoms with Crippen LogP contribution < -0.4 is 10.2 Å². The molecule has 0 unspecified atom stereocenters. The normalized spacial score (nSPS) is 21.9. The monoisotopic (exact) mass is 346 g/mol. The van der Waals surface area contributed by atoms with Gasteiger partial charge in [-0.2, -0.15) is 5.10 Å². The van der Waals surface area contributed by atoms with Crippen molar-refractivity contribution < 1.29 is 9.53 Å². The maximum atomic E-state index is 12.1. The molecule has 0 heterocycles. The highest BCUT2D eigenvalue weighted by Crippen LogP contribution is 2.40. The van der Waals surface area contributed by atoms with Gasteiger partial charge in [0.1, 0.15) is 5.75 Å². The van der Waals surface area contributed by atoms with Gasteiger partial charge in [-0.05, 0) is 36.0 Å². The Kier molecular flexibility index (Phi) is 4.82. The molecule has 1 N–H and O–H groups in total. The van der Waals surface area contributed by atoms with Gasteiger partial charge in [-0.1, -0.05) is 60.7 Å². The van der Waals surface area contributed by atoms with Crippen molar-refractivity contribution in [3.63, 3.8) is 0 Å². The first-order chi connectivity index (χ1) is 12.8. The van der Waals surface area contributed by atoms with Crippen LogP contribution in [-0.2, 0) is 11.2 Å². The van der Waals surface area contributed by atoms with E-state index in [9.17, 15) is 4.79 Å². The van der Waals surface area contributed by atoms with Crippen LogP contribution in [0.5, 0.6) is 5.75 Å². The molecule has 4 nitrogen and oxygen atoms in total. The van der Waals surface area contributed by atoms with Crippen LogP contribution in [0.3, 0.4) is 0 Å². The second-order valence-electron chi connectivity index (χ2n) is 6.84. The second-order valence-corrected chi connectivity index (χ2v) is 6.84. The smallest absolute Gasteiger partial charge is 0.277 e. The molecule has 26 heavy (non-hydrogen) atoms. The number of nitrogens with one attached hydrogen (secondary N) is 1. The van der Waals surface area contributed by atoms with E-state index < -0.39 is 0 Å². The second kappa shape index (κ2) is 7.56. The number of rotatable bonds is 6. The van der Waals surface area contributed by atoms with Crippen molar-refractivity contribution in [3.05, 3.63) is 77.9 Å². The van der Waals surface area contributed by atoms with Gasteiger partial charge in [-0.15, -0.1) is 0 Å². The van der Waals surface area contributed by atoms with Crippen LogP contribution in [-0.4, -0.2) is 18.2 Å². The molecule has 1 saturated carbocycles. The van der Waals surface area contributed by atoms with Crippen LogP contribution in [0.4, 0.5) is 0 Å². The first-order valence-corrected chi connectivity index (χ1v) is 9.06. The predicted octanol–water partition coefficient (Wildman–Crippen LogP) is 3.72. The lowest BCUT2D eigenvalue weighted by Gasteiger charge is -2.31. The number of carbonyl (C=O) groups is 1. The summed E-state index contributed by atoms with van der Waals surface area (Å²) in [5, 5.41) is 4.27. The van der Waals surface area contributed by atoms with E-state index >= 15 is 0 Å². The molecule has 0 radical (unpaired) electrons. The molecule has 2 aliphatic rings. The van der Waals surface area contributed by atoms with Gasteiger partial charge < -0.3 is 4.74 Å². The zero-order valence-corrected chi connectivity index (χ0v) is 14.6. The van der Waals surface area contributed by atoms with Crippen LogP contribution in [0, 0.1) is 11.8 Å². The summed E-state index contributed by atoms with van der Waals surface area (Å²) in [5.74, 6) is 1.65. The predicted molar refractivity (Wildman–Crippen MR) is 102 cm³/mol.